The molecule has 2 unspecified atom stereocenters. The number of piperidine rings is 1. The van der Waals surface area contributed by atoms with Crippen LogP contribution in [0, 0.1) is 12.8 Å². The summed E-state index contributed by atoms with van der Waals surface area (Å²) in [6.45, 7) is 6.05. The minimum absolute atomic E-state index is 0.169. The molecule has 17 heavy (non-hydrogen) atoms. The number of hydrogen-bond donors (Lipinski definition) is 1. The number of methoxy groups -OCH3 is 1. The summed E-state index contributed by atoms with van der Waals surface area (Å²) in [6, 6.07) is 0. The normalized spacial score (nSPS) is 24.4. The summed E-state index contributed by atoms with van der Waals surface area (Å²) < 4.78 is 11.1. The summed E-state index contributed by atoms with van der Waals surface area (Å²) in [5.74, 6) is 1.74. The molecule has 0 saturated carbocycles. The number of nitrogens with zero attached hydrogens (tertiary/aromatic N) is 2. The first-order valence-electron chi connectivity index (χ1n) is 5.95. The highest BCUT2D eigenvalue weighted by molar-refractivity contribution is 5.32. The van der Waals surface area contributed by atoms with Crippen molar-refractivity contribution in [2.75, 3.05) is 20.2 Å². The molecule has 5 heteroatoms. The van der Waals surface area contributed by atoms with Gasteiger partial charge in [0.05, 0.1) is 12.7 Å². The first-order valence-corrected chi connectivity index (χ1v) is 5.95. The molecule has 0 radical (unpaired) electrons. The maximum Gasteiger partial charge on any atom is 0.223 e. The van der Waals surface area contributed by atoms with Crippen LogP contribution in [0.4, 0.5) is 0 Å². The lowest BCUT2D eigenvalue weighted by Gasteiger charge is -2.29. The van der Waals surface area contributed by atoms with Gasteiger partial charge in [0.25, 0.3) is 0 Å². The van der Waals surface area contributed by atoms with E-state index in [0.717, 1.165) is 25.1 Å². The molecule has 0 spiro atoms. The molecular formula is C12H19N3O2. The molecular weight excluding hydrogens is 218 g/mol. The average molecular weight is 237 g/mol. The fourth-order valence-corrected chi connectivity index (χ4v) is 2.01. The molecule has 1 aromatic heterocycles. The SMILES string of the molecule is COc1ncnc(OC2CNCCC2C)c1C. The summed E-state index contributed by atoms with van der Waals surface area (Å²) in [4.78, 5) is 8.21. The Bertz CT molecular complexity index is 384. The molecule has 0 aromatic carbocycles. The summed E-state index contributed by atoms with van der Waals surface area (Å²) >= 11 is 0. The van der Waals surface area contributed by atoms with Crippen LogP contribution in [0.1, 0.15) is 18.9 Å². The van der Waals surface area contributed by atoms with E-state index in [1.165, 1.54) is 6.33 Å². The predicted octanol–water partition coefficient (Wildman–Crippen LogP) is 1.17. The van der Waals surface area contributed by atoms with Crippen molar-refractivity contribution in [1.82, 2.24) is 15.3 Å². The van der Waals surface area contributed by atoms with Crippen molar-refractivity contribution in [3.63, 3.8) is 0 Å². The second kappa shape index (κ2) is 5.31. The third kappa shape index (κ3) is 2.66. The first kappa shape index (κ1) is 12.1. The molecule has 1 aliphatic heterocycles. The number of nitrogens with one attached hydrogen (secondary N) is 1. The van der Waals surface area contributed by atoms with Gasteiger partial charge in [0, 0.05) is 6.54 Å². The van der Waals surface area contributed by atoms with Crippen LogP contribution in [0.2, 0.25) is 0 Å². The highest BCUT2D eigenvalue weighted by Gasteiger charge is 2.24. The van der Waals surface area contributed by atoms with E-state index in [9.17, 15) is 0 Å². The fourth-order valence-electron chi connectivity index (χ4n) is 2.01. The number of rotatable bonds is 3. The number of ether oxygens (including phenoxy) is 2. The molecule has 1 aliphatic rings. The quantitative estimate of drug-likeness (QED) is 0.855. The van der Waals surface area contributed by atoms with Crippen molar-refractivity contribution in [2.24, 2.45) is 5.92 Å². The van der Waals surface area contributed by atoms with Gasteiger partial charge in [-0.3, -0.25) is 0 Å². The average Bonchev–Trinajstić information content (AvgIpc) is 2.34. The summed E-state index contributed by atoms with van der Waals surface area (Å²) in [6.07, 6.45) is 2.77. The smallest absolute Gasteiger partial charge is 0.223 e. The molecule has 1 aromatic rings. The lowest BCUT2D eigenvalue weighted by atomic mass is 9.97. The van der Waals surface area contributed by atoms with E-state index < -0.39 is 0 Å². The molecule has 5 nitrogen and oxygen atoms in total. The van der Waals surface area contributed by atoms with Gasteiger partial charge in [-0.15, -0.1) is 0 Å². The Labute approximate surface area is 102 Å². The number of hydrogen-bond acceptors (Lipinski definition) is 5. The largest absolute Gasteiger partial charge is 0.481 e. The molecule has 1 N–H and O–H groups in total. The first-order chi connectivity index (χ1) is 8.22. The third-order valence-electron chi connectivity index (χ3n) is 3.20. The van der Waals surface area contributed by atoms with Gasteiger partial charge in [-0.2, -0.15) is 0 Å². The molecule has 1 saturated heterocycles. The Morgan fingerprint density at radius 3 is 2.82 bits per heavy atom. The van der Waals surface area contributed by atoms with E-state index in [1.54, 1.807) is 7.11 Å². The maximum absolute atomic E-state index is 5.95. The van der Waals surface area contributed by atoms with Gasteiger partial charge in [0.15, 0.2) is 0 Å². The van der Waals surface area contributed by atoms with Crippen LogP contribution in [0.15, 0.2) is 6.33 Å². The van der Waals surface area contributed by atoms with Crippen molar-refractivity contribution >= 4 is 0 Å². The van der Waals surface area contributed by atoms with Crippen molar-refractivity contribution in [1.29, 1.82) is 0 Å². The second-order valence-corrected chi connectivity index (χ2v) is 4.44. The molecule has 0 amide bonds. The Morgan fingerprint density at radius 2 is 2.12 bits per heavy atom. The monoisotopic (exact) mass is 237 g/mol. The minimum atomic E-state index is 0.169. The second-order valence-electron chi connectivity index (χ2n) is 4.44. The molecule has 2 atom stereocenters. The maximum atomic E-state index is 5.95. The van der Waals surface area contributed by atoms with E-state index in [4.69, 9.17) is 9.47 Å². The van der Waals surface area contributed by atoms with Crippen LogP contribution in [-0.4, -0.2) is 36.3 Å². The summed E-state index contributed by atoms with van der Waals surface area (Å²) in [5, 5.41) is 3.33. The van der Waals surface area contributed by atoms with E-state index in [0.29, 0.717) is 17.7 Å². The van der Waals surface area contributed by atoms with E-state index in [-0.39, 0.29) is 6.10 Å². The molecule has 2 heterocycles. The van der Waals surface area contributed by atoms with Crippen molar-refractivity contribution < 1.29 is 9.47 Å². The highest BCUT2D eigenvalue weighted by Crippen LogP contribution is 2.25. The topological polar surface area (TPSA) is 56.3 Å². The Morgan fingerprint density at radius 1 is 1.35 bits per heavy atom. The fraction of sp³-hybridized carbons (Fsp3) is 0.667. The molecule has 2 rings (SSSR count). The van der Waals surface area contributed by atoms with Gasteiger partial charge in [-0.1, -0.05) is 6.92 Å². The van der Waals surface area contributed by atoms with Crippen molar-refractivity contribution in [3.8, 4) is 11.8 Å². The van der Waals surface area contributed by atoms with Crippen LogP contribution in [-0.2, 0) is 0 Å². The van der Waals surface area contributed by atoms with Gasteiger partial charge in [0.1, 0.15) is 12.4 Å². The number of aromatic nitrogens is 2. The molecule has 0 bridgehead atoms. The standard InChI is InChI=1S/C12H19N3O2/c1-8-4-5-13-6-10(8)17-12-9(2)11(16-3)14-7-15-12/h7-8,10,13H,4-6H2,1-3H3. The van der Waals surface area contributed by atoms with Crippen molar-refractivity contribution in [2.45, 2.75) is 26.4 Å². The minimum Gasteiger partial charge on any atom is -0.481 e. The molecule has 94 valence electrons. The third-order valence-corrected chi connectivity index (χ3v) is 3.20. The van der Waals surface area contributed by atoms with E-state index >= 15 is 0 Å². The van der Waals surface area contributed by atoms with Gasteiger partial charge in [-0.25, -0.2) is 9.97 Å². The summed E-state index contributed by atoms with van der Waals surface area (Å²) in [7, 11) is 1.60. The Balaban J connectivity index is 2.12. The van der Waals surface area contributed by atoms with Crippen LogP contribution in [0.5, 0.6) is 11.8 Å². The lowest BCUT2D eigenvalue weighted by molar-refractivity contribution is 0.108. The van der Waals surface area contributed by atoms with Gasteiger partial charge < -0.3 is 14.8 Å². The predicted molar refractivity (Wildman–Crippen MR) is 64.4 cm³/mol. The van der Waals surface area contributed by atoms with E-state index in [1.807, 2.05) is 6.92 Å². The lowest BCUT2D eigenvalue weighted by Crippen LogP contribution is -2.43. The van der Waals surface area contributed by atoms with E-state index in [2.05, 4.69) is 22.2 Å². The van der Waals surface area contributed by atoms with Gasteiger partial charge in [0.2, 0.25) is 11.8 Å². The summed E-state index contributed by atoms with van der Waals surface area (Å²) in [5.41, 5.74) is 0.854. The van der Waals surface area contributed by atoms with Crippen LogP contribution in [0.25, 0.3) is 0 Å². The van der Waals surface area contributed by atoms with Crippen molar-refractivity contribution in [3.05, 3.63) is 11.9 Å². The van der Waals surface area contributed by atoms with Crippen LogP contribution < -0.4 is 14.8 Å². The molecule has 1 fully saturated rings. The zero-order valence-corrected chi connectivity index (χ0v) is 10.6. The zero-order chi connectivity index (χ0) is 12.3. The zero-order valence-electron chi connectivity index (χ0n) is 10.6. The van der Waals surface area contributed by atoms with Crippen LogP contribution >= 0.6 is 0 Å². The Kier molecular flexibility index (Phi) is 3.78. The highest BCUT2D eigenvalue weighted by atomic mass is 16.5. The molecule has 0 aliphatic carbocycles. The van der Waals surface area contributed by atoms with Gasteiger partial charge in [-0.05, 0) is 25.8 Å². The van der Waals surface area contributed by atoms with Gasteiger partial charge >= 0.3 is 0 Å². The van der Waals surface area contributed by atoms with Crippen LogP contribution in [0.3, 0.4) is 0 Å². The Hall–Kier alpha value is -1.36.